The number of rotatable bonds is 4. The van der Waals surface area contributed by atoms with Crippen molar-refractivity contribution in [1.82, 2.24) is 4.57 Å². The highest BCUT2D eigenvalue weighted by molar-refractivity contribution is 7.98. The van der Waals surface area contributed by atoms with Gasteiger partial charge in [-0.1, -0.05) is 75.4 Å². The van der Waals surface area contributed by atoms with E-state index < -0.39 is 0 Å². The lowest BCUT2D eigenvalue weighted by atomic mass is 9.87. The van der Waals surface area contributed by atoms with Gasteiger partial charge in [-0.25, -0.2) is 0 Å². The molecule has 0 aliphatic heterocycles. The highest BCUT2D eigenvalue weighted by Gasteiger charge is 2.17. The minimum absolute atomic E-state index is 0.0819. The van der Waals surface area contributed by atoms with E-state index in [0.29, 0.717) is 11.4 Å². The maximum Gasteiger partial charge on any atom is 0.270 e. The molecule has 3 nitrogen and oxygen atoms in total. The SMILES string of the molecule is CSc1cc(-c2ccccc2)n(Cc2ccc(C(C)(C)C)cc2)c(=O)c1C#N. The van der Waals surface area contributed by atoms with E-state index in [2.05, 4.69) is 51.1 Å². The molecule has 0 fully saturated rings. The molecule has 3 aromatic rings. The van der Waals surface area contributed by atoms with Gasteiger partial charge in [0.1, 0.15) is 11.6 Å². The monoisotopic (exact) mass is 388 g/mol. The Hall–Kier alpha value is -2.77. The lowest BCUT2D eigenvalue weighted by Gasteiger charge is -2.20. The molecule has 0 aliphatic carbocycles. The van der Waals surface area contributed by atoms with Crippen molar-refractivity contribution in [3.05, 3.63) is 87.7 Å². The van der Waals surface area contributed by atoms with Crippen LogP contribution in [0.3, 0.4) is 0 Å². The zero-order chi connectivity index (χ0) is 20.3. The molecule has 0 saturated heterocycles. The van der Waals surface area contributed by atoms with E-state index in [-0.39, 0.29) is 16.5 Å². The summed E-state index contributed by atoms with van der Waals surface area (Å²) in [5.74, 6) is 0. The second kappa shape index (κ2) is 8.08. The molecule has 1 heterocycles. The summed E-state index contributed by atoms with van der Waals surface area (Å²) in [6.45, 7) is 6.97. The number of nitrogens with zero attached hydrogens (tertiary/aromatic N) is 2. The summed E-state index contributed by atoms with van der Waals surface area (Å²) >= 11 is 1.43. The average Bonchev–Trinajstić information content (AvgIpc) is 2.69. The van der Waals surface area contributed by atoms with Crippen LogP contribution in [-0.2, 0) is 12.0 Å². The Morgan fingerprint density at radius 2 is 1.68 bits per heavy atom. The van der Waals surface area contributed by atoms with Gasteiger partial charge in [-0.3, -0.25) is 4.79 Å². The van der Waals surface area contributed by atoms with Gasteiger partial charge in [-0.2, -0.15) is 5.26 Å². The van der Waals surface area contributed by atoms with Crippen molar-refractivity contribution in [3.8, 4) is 17.3 Å². The van der Waals surface area contributed by atoms with Crippen LogP contribution in [0.5, 0.6) is 0 Å². The largest absolute Gasteiger partial charge is 0.303 e. The highest BCUT2D eigenvalue weighted by Crippen LogP contribution is 2.27. The number of hydrogen-bond acceptors (Lipinski definition) is 3. The molecule has 28 heavy (non-hydrogen) atoms. The van der Waals surface area contributed by atoms with E-state index in [0.717, 1.165) is 16.8 Å². The van der Waals surface area contributed by atoms with Crippen molar-refractivity contribution in [2.45, 2.75) is 37.6 Å². The molecule has 0 bridgehead atoms. The Labute approximate surface area is 170 Å². The average molecular weight is 389 g/mol. The number of nitriles is 1. The maximum absolute atomic E-state index is 13.1. The maximum atomic E-state index is 13.1. The third kappa shape index (κ3) is 4.05. The number of hydrogen-bond donors (Lipinski definition) is 0. The first-order valence-electron chi connectivity index (χ1n) is 9.22. The summed E-state index contributed by atoms with van der Waals surface area (Å²) in [4.78, 5) is 13.8. The smallest absolute Gasteiger partial charge is 0.270 e. The van der Waals surface area contributed by atoms with Crippen LogP contribution in [0.25, 0.3) is 11.3 Å². The molecule has 0 aliphatic rings. The van der Waals surface area contributed by atoms with Gasteiger partial charge in [-0.05, 0) is 34.4 Å². The number of thioether (sulfide) groups is 1. The summed E-state index contributed by atoms with van der Waals surface area (Å²) in [5.41, 5.74) is 4.12. The van der Waals surface area contributed by atoms with Crippen LogP contribution in [0.2, 0.25) is 0 Å². The second-order valence-electron chi connectivity index (χ2n) is 7.79. The summed E-state index contributed by atoms with van der Waals surface area (Å²) in [6.07, 6.45) is 1.89. The number of pyridine rings is 1. The number of benzene rings is 2. The van der Waals surface area contributed by atoms with Gasteiger partial charge in [0.15, 0.2) is 0 Å². The lowest BCUT2D eigenvalue weighted by Crippen LogP contribution is -2.25. The summed E-state index contributed by atoms with van der Waals surface area (Å²) in [6, 6.07) is 22.3. The Morgan fingerprint density at radius 1 is 1.04 bits per heavy atom. The van der Waals surface area contributed by atoms with E-state index >= 15 is 0 Å². The van der Waals surface area contributed by atoms with Crippen LogP contribution in [0.15, 0.2) is 70.4 Å². The van der Waals surface area contributed by atoms with Gasteiger partial charge in [0, 0.05) is 4.90 Å². The summed E-state index contributed by atoms with van der Waals surface area (Å²) in [5, 5.41) is 9.53. The van der Waals surface area contributed by atoms with Gasteiger partial charge in [-0.15, -0.1) is 11.8 Å². The van der Waals surface area contributed by atoms with Crippen molar-refractivity contribution in [3.63, 3.8) is 0 Å². The second-order valence-corrected chi connectivity index (χ2v) is 8.64. The molecule has 0 unspecified atom stereocenters. The molecule has 0 spiro atoms. The van der Waals surface area contributed by atoms with Crippen molar-refractivity contribution in [2.75, 3.05) is 6.26 Å². The molecule has 1 aromatic heterocycles. The van der Waals surface area contributed by atoms with E-state index in [1.54, 1.807) is 4.57 Å². The van der Waals surface area contributed by atoms with Gasteiger partial charge >= 0.3 is 0 Å². The summed E-state index contributed by atoms with van der Waals surface area (Å²) in [7, 11) is 0. The minimum atomic E-state index is -0.242. The number of aromatic nitrogens is 1. The van der Waals surface area contributed by atoms with Crippen LogP contribution in [0.4, 0.5) is 0 Å². The van der Waals surface area contributed by atoms with Gasteiger partial charge in [0.2, 0.25) is 0 Å². The third-order valence-electron chi connectivity index (χ3n) is 4.83. The van der Waals surface area contributed by atoms with Gasteiger partial charge in [0.25, 0.3) is 5.56 Å². The fraction of sp³-hybridized carbons (Fsp3) is 0.250. The summed E-state index contributed by atoms with van der Waals surface area (Å²) < 4.78 is 1.71. The first-order chi connectivity index (χ1) is 13.3. The standard InChI is InChI=1S/C24H24N2OS/c1-24(2,3)19-12-10-17(11-13-19)16-26-21(18-8-6-5-7-9-18)14-22(28-4)20(15-25)23(26)27/h5-14H,16H2,1-4H3. The topological polar surface area (TPSA) is 45.8 Å². The molecule has 0 radical (unpaired) electrons. The Kier molecular flexibility index (Phi) is 5.76. The quantitative estimate of drug-likeness (QED) is 0.558. The van der Waals surface area contributed by atoms with Crippen LogP contribution >= 0.6 is 11.8 Å². The van der Waals surface area contributed by atoms with E-state index in [9.17, 15) is 10.1 Å². The molecular formula is C24H24N2OS. The van der Waals surface area contributed by atoms with E-state index in [4.69, 9.17) is 0 Å². The molecule has 0 amide bonds. The predicted molar refractivity (Wildman–Crippen MR) is 117 cm³/mol. The van der Waals surface area contributed by atoms with Crippen LogP contribution < -0.4 is 5.56 Å². The van der Waals surface area contributed by atoms with Gasteiger partial charge < -0.3 is 4.57 Å². The van der Waals surface area contributed by atoms with Crippen molar-refractivity contribution in [1.29, 1.82) is 5.26 Å². The van der Waals surface area contributed by atoms with Crippen LogP contribution in [0, 0.1) is 11.3 Å². The zero-order valence-electron chi connectivity index (χ0n) is 16.7. The Bertz CT molecular complexity index is 1070. The molecule has 2 aromatic carbocycles. The highest BCUT2D eigenvalue weighted by atomic mass is 32.2. The zero-order valence-corrected chi connectivity index (χ0v) is 17.5. The first kappa shape index (κ1) is 20.0. The molecule has 0 N–H and O–H groups in total. The predicted octanol–water partition coefficient (Wildman–Crippen LogP) is 5.45. The van der Waals surface area contributed by atoms with Crippen LogP contribution in [0.1, 0.15) is 37.5 Å². The minimum Gasteiger partial charge on any atom is -0.303 e. The van der Waals surface area contributed by atoms with Crippen molar-refractivity contribution in [2.24, 2.45) is 0 Å². The Morgan fingerprint density at radius 3 is 2.21 bits per heavy atom. The Balaban J connectivity index is 2.14. The fourth-order valence-electron chi connectivity index (χ4n) is 3.19. The molecule has 0 saturated carbocycles. The molecule has 0 atom stereocenters. The van der Waals surface area contributed by atoms with Crippen molar-refractivity contribution >= 4 is 11.8 Å². The molecule has 142 valence electrons. The van der Waals surface area contributed by atoms with Gasteiger partial charge in [0.05, 0.1) is 12.2 Å². The fourth-order valence-corrected chi connectivity index (χ4v) is 3.75. The lowest BCUT2D eigenvalue weighted by molar-refractivity contribution is 0.589. The third-order valence-corrected chi connectivity index (χ3v) is 5.59. The van der Waals surface area contributed by atoms with E-state index in [1.165, 1.54) is 17.3 Å². The molecule has 3 rings (SSSR count). The van der Waals surface area contributed by atoms with E-state index in [1.807, 2.05) is 42.7 Å². The molecular weight excluding hydrogens is 364 g/mol. The van der Waals surface area contributed by atoms with Crippen molar-refractivity contribution < 1.29 is 0 Å². The first-order valence-corrected chi connectivity index (χ1v) is 10.4. The normalized spacial score (nSPS) is 11.2. The van der Waals surface area contributed by atoms with Crippen LogP contribution in [-0.4, -0.2) is 10.8 Å². The molecule has 4 heteroatoms.